The van der Waals surface area contributed by atoms with Gasteiger partial charge < -0.3 is 14.8 Å². The lowest BCUT2D eigenvalue weighted by molar-refractivity contribution is -0.0109. The molecule has 1 aromatic carbocycles. The van der Waals surface area contributed by atoms with Gasteiger partial charge in [0.2, 0.25) is 0 Å². The van der Waals surface area contributed by atoms with Crippen LogP contribution in [0.15, 0.2) is 41.2 Å². The molecule has 1 fully saturated rings. The van der Waals surface area contributed by atoms with Gasteiger partial charge in [0.05, 0.1) is 11.8 Å². The summed E-state index contributed by atoms with van der Waals surface area (Å²) in [4.78, 5) is 24.3. The summed E-state index contributed by atoms with van der Waals surface area (Å²) in [6.45, 7) is 3.64. The number of para-hydroxylation sites is 2. The van der Waals surface area contributed by atoms with Gasteiger partial charge in [-0.05, 0) is 43.9 Å². The van der Waals surface area contributed by atoms with E-state index in [2.05, 4.69) is 10.4 Å². The minimum absolute atomic E-state index is 0.0850. The Labute approximate surface area is 158 Å². The lowest BCUT2D eigenvalue weighted by Gasteiger charge is -2.23. The number of benzene rings is 1. The van der Waals surface area contributed by atoms with Gasteiger partial charge >= 0.3 is 0 Å². The first-order valence-corrected chi connectivity index (χ1v) is 9.40. The summed E-state index contributed by atoms with van der Waals surface area (Å²) < 4.78 is 12.9. The zero-order chi connectivity index (χ0) is 19.1. The SMILES string of the molecule is CCCn1nc(C(=O)Nc2ccccc2OCC2CCCCO2)ccc1=O. The van der Waals surface area contributed by atoms with Crippen LogP contribution in [0.1, 0.15) is 43.1 Å². The molecule has 1 atom stereocenters. The van der Waals surface area contributed by atoms with Crippen LogP contribution in [-0.2, 0) is 11.3 Å². The molecular formula is C20H25N3O4. The lowest BCUT2D eigenvalue weighted by atomic mass is 10.1. The van der Waals surface area contributed by atoms with Crippen LogP contribution in [0.4, 0.5) is 5.69 Å². The fourth-order valence-electron chi connectivity index (χ4n) is 2.95. The van der Waals surface area contributed by atoms with E-state index in [1.807, 2.05) is 25.1 Å². The van der Waals surface area contributed by atoms with Crippen molar-refractivity contribution in [1.82, 2.24) is 9.78 Å². The third-order valence-corrected chi connectivity index (χ3v) is 4.37. The van der Waals surface area contributed by atoms with Crippen molar-refractivity contribution in [2.45, 2.75) is 45.3 Å². The molecule has 1 N–H and O–H groups in total. The zero-order valence-electron chi connectivity index (χ0n) is 15.5. The third-order valence-electron chi connectivity index (χ3n) is 4.37. The Morgan fingerprint density at radius 3 is 2.93 bits per heavy atom. The van der Waals surface area contributed by atoms with E-state index < -0.39 is 0 Å². The average molecular weight is 371 g/mol. The molecule has 7 nitrogen and oxygen atoms in total. The van der Waals surface area contributed by atoms with Crippen LogP contribution in [-0.4, -0.2) is 35.0 Å². The molecule has 2 heterocycles. The van der Waals surface area contributed by atoms with Crippen molar-refractivity contribution >= 4 is 11.6 Å². The Morgan fingerprint density at radius 1 is 1.30 bits per heavy atom. The van der Waals surface area contributed by atoms with Gasteiger partial charge in [-0.3, -0.25) is 9.59 Å². The first-order chi connectivity index (χ1) is 13.2. The van der Waals surface area contributed by atoms with Crippen LogP contribution < -0.4 is 15.6 Å². The normalized spacial score (nSPS) is 16.7. The molecule has 1 amide bonds. The molecule has 27 heavy (non-hydrogen) atoms. The van der Waals surface area contributed by atoms with Crippen LogP contribution in [0, 0.1) is 0 Å². The van der Waals surface area contributed by atoms with Gasteiger partial charge in [0, 0.05) is 19.2 Å². The molecule has 1 saturated heterocycles. The summed E-state index contributed by atoms with van der Waals surface area (Å²) in [7, 11) is 0. The number of hydrogen-bond donors (Lipinski definition) is 1. The number of hydrogen-bond acceptors (Lipinski definition) is 5. The molecule has 1 aliphatic rings. The predicted molar refractivity (Wildman–Crippen MR) is 102 cm³/mol. The van der Waals surface area contributed by atoms with Gasteiger partial charge in [-0.25, -0.2) is 4.68 Å². The van der Waals surface area contributed by atoms with E-state index in [9.17, 15) is 9.59 Å². The number of aryl methyl sites for hydroxylation is 1. The molecule has 144 valence electrons. The number of rotatable bonds is 7. The Morgan fingerprint density at radius 2 is 2.15 bits per heavy atom. The van der Waals surface area contributed by atoms with Crippen molar-refractivity contribution < 1.29 is 14.3 Å². The number of carbonyl (C=O) groups is 1. The van der Waals surface area contributed by atoms with Gasteiger partial charge in [-0.15, -0.1) is 0 Å². The molecule has 0 spiro atoms. The second kappa shape index (κ2) is 9.32. The summed E-state index contributed by atoms with van der Waals surface area (Å²) in [5.74, 6) is 0.201. The zero-order valence-corrected chi connectivity index (χ0v) is 15.5. The van der Waals surface area contributed by atoms with Crippen LogP contribution in [0.3, 0.4) is 0 Å². The van der Waals surface area contributed by atoms with E-state index in [1.54, 1.807) is 6.07 Å². The highest BCUT2D eigenvalue weighted by molar-refractivity contribution is 6.03. The molecule has 0 bridgehead atoms. The Hall–Kier alpha value is -2.67. The predicted octanol–water partition coefficient (Wildman–Crippen LogP) is 2.85. The first kappa shape index (κ1) is 19.1. The van der Waals surface area contributed by atoms with Gasteiger partial charge in [0.15, 0.2) is 0 Å². The second-order valence-corrected chi connectivity index (χ2v) is 6.53. The minimum Gasteiger partial charge on any atom is -0.489 e. The highest BCUT2D eigenvalue weighted by Gasteiger charge is 2.16. The maximum absolute atomic E-state index is 12.6. The number of carbonyl (C=O) groups excluding carboxylic acids is 1. The number of aromatic nitrogens is 2. The van der Waals surface area contributed by atoms with E-state index in [0.29, 0.717) is 24.6 Å². The second-order valence-electron chi connectivity index (χ2n) is 6.53. The summed E-state index contributed by atoms with van der Waals surface area (Å²) in [5, 5.41) is 6.96. The monoisotopic (exact) mass is 371 g/mol. The Kier molecular flexibility index (Phi) is 6.59. The van der Waals surface area contributed by atoms with Crippen LogP contribution in [0.2, 0.25) is 0 Å². The summed E-state index contributed by atoms with van der Waals surface area (Å²) in [6, 6.07) is 10.1. The number of nitrogens with zero attached hydrogens (tertiary/aromatic N) is 2. The third kappa shape index (κ3) is 5.17. The van der Waals surface area contributed by atoms with Crippen LogP contribution in [0.5, 0.6) is 5.75 Å². The number of amides is 1. The maximum atomic E-state index is 12.6. The van der Waals surface area contributed by atoms with Gasteiger partial charge in [-0.2, -0.15) is 5.10 Å². The number of nitrogens with one attached hydrogen (secondary N) is 1. The molecule has 7 heteroatoms. The molecule has 1 aliphatic heterocycles. The summed E-state index contributed by atoms with van der Waals surface area (Å²) in [6.07, 6.45) is 4.07. The molecule has 3 rings (SSSR count). The van der Waals surface area contributed by atoms with E-state index in [-0.39, 0.29) is 23.3 Å². The molecule has 1 aromatic heterocycles. The standard InChI is InChI=1S/C20H25N3O4/c1-2-12-23-19(24)11-10-17(22-23)20(25)21-16-8-3-4-9-18(16)27-14-15-7-5-6-13-26-15/h3-4,8-11,15H,2,5-7,12-14H2,1H3,(H,21,25). The quantitative estimate of drug-likeness (QED) is 0.809. The van der Waals surface area contributed by atoms with E-state index in [0.717, 1.165) is 32.3 Å². The number of ether oxygens (including phenoxy) is 2. The van der Waals surface area contributed by atoms with Crippen molar-refractivity contribution in [2.24, 2.45) is 0 Å². The summed E-state index contributed by atoms with van der Waals surface area (Å²) >= 11 is 0. The van der Waals surface area contributed by atoms with Crippen LogP contribution in [0.25, 0.3) is 0 Å². The fourth-order valence-corrected chi connectivity index (χ4v) is 2.95. The van der Waals surface area contributed by atoms with Gasteiger partial charge in [0.25, 0.3) is 11.5 Å². The molecule has 0 aliphatic carbocycles. The molecule has 0 saturated carbocycles. The molecule has 0 radical (unpaired) electrons. The Balaban J connectivity index is 1.69. The minimum atomic E-state index is -0.384. The summed E-state index contributed by atoms with van der Waals surface area (Å²) in [5.41, 5.74) is 0.534. The number of anilines is 1. The topological polar surface area (TPSA) is 82.5 Å². The van der Waals surface area contributed by atoms with Crippen molar-refractivity contribution in [2.75, 3.05) is 18.5 Å². The molecule has 1 unspecified atom stereocenters. The molecule has 2 aromatic rings. The van der Waals surface area contributed by atoms with Crippen molar-refractivity contribution in [1.29, 1.82) is 0 Å². The van der Waals surface area contributed by atoms with Crippen molar-refractivity contribution in [3.63, 3.8) is 0 Å². The van der Waals surface area contributed by atoms with Crippen LogP contribution >= 0.6 is 0 Å². The largest absolute Gasteiger partial charge is 0.489 e. The Bertz CT molecular complexity index is 828. The van der Waals surface area contributed by atoms with Gasteiger partial charge in [-0.1, -0.05) is 19.1 Å². The average Bonchev–Trinajstić information content (AvgIpc) is 2.70. The highest BCUT2D eigenvalue weighted by Crippen LogP contribution is 2.25. The van der Waals surface area contributed by atoms with E-state index >= 15 is 0 Å². The first-order valence-electron chi connectivity index (χ1n) is 9.40. The lowest BCUT2D eigenvalue weighted by Crippen LogP contribution is -2.27. The van der Waals surface area contributed by atoms with Crippen molar-refractivity contribution in [3.8, 4) is 5.75 Å². The van der Waals surface area contributed by atoms with E-state index in [1.165, 1.54) is 16.8 Å². The van der Waals surface area contributed by atoms with E-state index in [4.69, 9.17) is 9.47 Å². The smallest absolute Gasteiger partial charge is 0.276 e. The highest BCUT2D eigenvalue weighted by atomic mass is 16.5. The molecular weight excluding hydrogens is 346 g/mol. The fraction of sp³-hybridized carbons (Fsp3) is 0.450. The van der Waals surface area contributed by atoms with Crippen molar-refractivity contribution in [3.05, 3.63) is 52.4 Å². The maximum Gasteiger partial charge on any atom is 0.276 e. The van der Waals surface area contributed by atoms with Gasteiger partial charge in [0.1, 0.15) is 18.1 Å².